The molecule has 1 saturated heterocycles. The van der Waals surface area contributed by atoms with Crippen molar-refractivity contribution in [3.63, 3.8) is 0 Å². The number of benzene rings is 1. The minimum atomic E-state index is -5.08. The fourth-order valence-corrected chi connectivity index (χ4v) is 4.35. The fraction of sp³-hybridized carbons (Fsp3) is 0.273. The highest BCUT2D eigenvalue weighted by Gasteiger charge is 2.47. The molecule has 0 bridgehead atoms. The van der Waals surface area contributed by atoms with Crippen LogP contribution in [0.25, 0.3) is 15.9 Å². The summed E-state index contributed by atoms with van der Waals surface area (Å²) in [6.07, 6.45) is -1.90. The third-order valence-electron chi connectivity index (χ3n) is 5.27. The van der Waals surface area contributed by atoms with Gasteiger partial charge in [0.25, 0.3) is 17.0 Å². The van der Waals surface area contributed by atoms with Crippen LogP contribution in [0.2, 0.25) is 0 Å². The number of aromatic nitrogens is 3. The molecule has 1 aromatic carbocycles. The van der Waals surface area contributed by atoms with Crippen molar-refractivity contribution >= 4 is 39.1 Å². The lowest BCUT2D eigenvalue weighted by Crippen LogP contribution is -2.55. The predicted molar refractivity (Wildman–Crippen MR) is 118 cm³/mol. The molecule has 0 spiro atoms. The standard InChI is InChI=1S/C20H16F2N4O2S.C2HF3O2/c21-20(22)7-10-26(18(27)13-4-3-9-25-11-8-23-17(13)25)12-16(20)28-19-24-14-5-1-2-6-15(14)29-19;3-2(4,5)1(6)7/h1-6,8-9,11,16H,7,10,12H2;(H,6,7)/t16-;/m0./s1. The van der Waals surface area contributed by atoms with Gasteiger partial charge in [0, 0.05) is 31.6 Å². The van der Waals surface area contributed by atoms with Gasteiger partial charge < -0.3 is 19.1 Å². The van der Waals surface area contributed by atoms with Crippen LogP contribution in [0, 0.1) is 0 Å². The summed E-state index contributed by atoms with van der Waals surface area (Å²) >= 11 is 1.22. The number of carboxylic acids is 1. The molecular weight excluding hydrogens is 511 g/mol. The summed E-state index contributed by atoms with van der Waals surface area (Å²) in [6, 6.07) is 10.7. The Bertz CT molecular complexity index is 1370. The van der Waals surface area contributed by atoms with Crippen LogP contribution in [0.3, 0.4) is 0 Å². The van der Waals surface area contributed by atoms with E-state index in [0.717, 1.165) is 4.70 Å². The van der Waals surface area contributed by atoms with E-state index in [1.807, 2.05) is 18.2 Å². The highest BCUT2D eigenvalue weighted by atomic mass is 32.1. The van der Waals surface area contributed by atoms with E-state index in [2.05, 4.69) is 9.97 Å². The van der Waals surface area contributed by atoms with E-state index < -0.39 is 30.6 Å². The van der Waals surface area contributed by atoms with E-state index in [9.17, 15) is 26.7 Å². The van der Waals surface area contributed by atoms with Crippen LogP contribution in [-0.2, 0) is 4.79 Å². The number of ether oxygens (including phenoxy) is 1. The second kappa shape index (κ2) is 9.68. The maximum Gasteiger partial charge on any atom is 0.490 e. The number of imidazole rings is 1. The lowest BCUT2D eigenvalue weighted by molar-refractivity contribution is -0.192. The first-order chi connectivity index (χ1) is 17.0. The number of pyridine rings is 1. The number of alkyl halides is 5. The van der Waals surface area contributed by atoms with Gasteiger partial charge >= 0.3 is 12.1 Å². The number of amides is 1. The van der Waals surface area contributed by atoms with Gasteiger partial charge in [-0.3, -0.25) is 4.79 Å². The molecule has 3 aromatic heterocycles. The third kappa shape index (κ3) is 5.37. The summed E-state index contributed by atoms with van der Waals surface area (Å²) in [7, 11) is 0. The molecule has 5 rings (SSSR count). The predicted octanol–water partition coefficient (Wildman–Crippen LogP) is 4.51. The normalized spacial score (nSPS) is 17.5. The number of aliphatic carboxylic acids is 1. The average Bonchev–Trinajstić information content (AvgIpc) is 3.46. The topological polar surface area (TPSA) is 97.0 Å². The first kappa shape index (κ1) is 25.3. The van der Waals surface area contributed by atoms with E-state index in [-0.39, 0.29) is 24.2 Å². The van der Waals surface area contributed by atoms with Gasteiger partial charge in [0.2, 0.25) is 0 Å². The number of thiazole rings is 1. The van der Waals surface area contributed by atoms with Crippen molar-refractivity contribution in [2.45, 2.75) is 24.6 Å². The van der Waals surface area contributed by atoms with E-state index in [1.165, 1.54) is 16.2 Å². The molecule has 1 aliphatic rings. The molecule has 1 aliphatic heterocycles. The molecule has 4 heterocycles. The Kier molecular flexibility index (Phi) is 6.80. The molecule has 4 aromatic rings. The van der Waals surface area contributed by atoms with Crippen molar-refractivity contribution < 1.29 is 41.4 Å². The Labute approximate surface area is 203 Å². The first-order valence-electron chi connectivity index (χ1n) is 10.4. The first-order valence-corrected chi connectivity index (χ1v) is 11.2. The second-order valence-corrected chi connectivity index (χ2v) is 8.69. The molecule has 190 valence electrons. The number of rotatable bonds is 3. The molecule has 1 atom stereocenters. The summed E-state index contributed by atoms with van der Waals surface area (Å²) in [5.41, 5.74) is 1.57. The molecular formula is C22H17F5N4O4S. The van der Waals surface area contributed by atoms with Crippen LogP contribution in [0.5, 0.6) is 5.19 Å². The molecule has 14 heteroatoms. The second-order valence-electron chi connectivity index (χ2n) is 7.70. The van der Waals surface area contributed by atoms with Gasteiger partial charge in [0.1, 0.15) is 5.65 Å². The number of fused-ring (bicyclic) bond motifs is 2. The summed E-state index contributed by atoms with van der Waals surface area (Å²) in [4.78, 5) is 31.8. The summed E-state index contributed by atoms with van der Waals surface area (Å²) in [5.74, 6) is -6.14. The van der Waals surface area contributed by atoms with Gasteiger partial charge in [-0.05, 0) is 24.3 Å². The highest BCUT2D eigenvalue weighted by molar-refractivity contribution is 7.20. The van der Waals surface area contributed by atoms with Gasteiger partial charge in [-0.2, -0.15) is 13.2 Å². The molecule has 1 amide bonds. The van der Waals surface area contributed by atoms with Crippen LogP contribution < -0.4 is 4.74 Å². The number of nitrogens with zero attached hydrogens (tertiary/aromatic N) is 4. The number of likely N-dealkylation sites (tertiary alicyclic amines) is 1. The molecule has 1 fully saturated rings. The zero-order valence-corrected chi connectivity index (χ0v) is 19.0. The van der Waals surface area contributed by atoms with Crippen molar-refractivity contribution in [1.29, 1.82) is 0 Å². The van der Waals surface area contributed by atoms with Crippen LogP contribution in [-0.4, -0.2) is 67.5 Å². The highest BCUT2D eigenvalue weighted by Crippen LogP contribution is 2.35. The van der Waals surface area contributed by atoms with E-state index in [0.29, 0.717) is 16.7 Å². The maximum absolute atomic E-state index is 14.6. The Morgan fingerprint density at radius 3 is 2.56 bits per heavy atom. The average molecular weight is 528 g/mol. The van der Waals surface area contributed by atoms with E-state index in [1.54, 1.807) is 41.2 Å². The molecule has 0 aliphatic carbocycles. The Morgan fingerprint density at radius 2 is 1.86 bits per heavy atom. The number of carbonyl (C=O) groups excluding carboxylic acids is 1. The van der Waals surface area contributed by atoms with Gasteiger partial charge in [-0.15, -0.1) is 0 Å². The van der Waals surface area contributed by atoms with Crippen molar-refractivity contribution in [3.8, 4) is 5.19 Å². The third-order valence-corrected chi connectivity index (χ3v) is 6.20. The fourth-order valence-electron chi connectivity index (χ4n) is 3.49. The number of piperidine rings is 1. The van der Waals surface area contributed by atoms with Crippen molar-refractivity contribution in [3.05, 3.63) is 60.6 Å². The zero-order valence-electron chi connectivity index (χ0n) is 18.2. The number of hydrogen-bond donors (Lipinski definition) is 1. The van der Waals surface area contributed by atoms with E-state index >= 15 is 0 Å². The summed E-state index contributed by atoms with van der Waals surface area (Å²) in [5, 5.41) is 7.31. The monoisotopic (exact) mass is 528 g/mol. The Balaban J connectivity index is 0.000000384. The van der Waals surface area contributed by atoms with Crippen LogP contribution in [0.4, 0.5) is 22.0 Å². The largest absolute Gasteiger partial charge is 0.490 e. The lowest BCUT2D eigenvalue weighted by atomic mass is 10.0. The lowest BCUT2D eigenvalue weighted by Gasteiger charge is -2.37. The number of carbonyl (C=O) groups is 2. The smallest absolute Gasteiger partial charge is 0.475 e. The minimum absolute atomic E-state index is 0.0483. The van der Waals surface area contributed by atoms with Gasteiger partial charge in [0.05, 0.1) is 22.3 Å². The molecule has 36 heavy (non-hydrogen) atoms. The Hall–Kier alpha value is -3.81. The van der Waals surface area contributed by atoms with Gasteiger partial charge in [-0.25, -0.2) is 23.5 Å². The van der Waals surface area contributed by atoms with Crippen molar-refractivity contribution in [2.75, 3.05) is 13.1 Å². The number of halogens is 5. The maximum atomic E-state index is 14.6. The van der Waals surface area contributed by atoms with Crippen LogP contribution >= 0.6 is 11.3 Å². The van der Waals surface area contributed by atoms with Crippen LogP contribution in [0.15, 0.2) is 55.0 Å². The Morgan fingerprint density at radius 1 is 1.14 bits per heavy atom. The van der Waals surface area contributed by atoms with Gasteiger partial charge in [0.15, 0.2) is 6.10 Å². The van der Waals surface area contributed by atoms with Crippen LogP contribution in [0.1, 0.15) is 16.8 Å². The summed E-state index contributed by atoms with van der Waals surface area (Å²) in [6.45, 7) is -0.267. The molecule has 0 unspecified atom stereocenters. The quantitative estimate of drug-likeness (QED) is 0.393. The SMILES string of the molecule is O=C(O)C(F)(F)F.O=C(c1cccn2ccnc12)N1CCC(F)(F)[C@@H](Oc2nc3ccccc3s2)C1. The molecule has 0 saturated carbocycles. The van der Waals surface area contributed by atoms with Gasteiger partial charge in [-0.1, -0.05) is 23.5 Å². The van der Waals surface area contributed by atoms with E-state index in [4.69, 9.17) is 14.6 Å². The van der Waals surface area contributed by atoms with Crippen molar-refractivity contribution in [1.82, 2.24) is 19.3 Å². The number of carboxylic acid groups (broad SMARTS) is 1. The zero-order chi connectivity index (χ0) is 26.1. The molecule has 1 N–H and O–H groups in total. The minimum Gasteiger partial charge on any atom is -0.475 e. The summed E-state index contributed by atoms with van der Waals surface area (Å²) < 4.78 is 69.0. The molecule has 8 nitrogen and oxygen atoms in total. The number of para-hydroxylation sites is 1. The number of hydrogen-bond acceptors (Lipinski definition) is 6. The molecule has 0 radical (unpaired) electrons. The van der Waals surface area contributed by atoms with Crippen molar-refractivity contribution in [2.24, 2.45) is 0 Å².